The van der Waals surface area contributed by atoms with Crippen LogP contribution in [0, 0.1) is 5.41 Å². The molecule has 0 aromatic heterocycles. The molecule has 1 amide bonds. The van der Waals surface area contributed by atoms with Crippen LogP contribution in [-0.2, 0) is 20.7 Å². The number of amides is 1. The number of carbonyl (C=O) groups is 2. The zero-order valence-electron chi connectivity index (χ0n) is 17.8. The van der Waals surface area contributed by atoms with E-state index in [1.165, 1.54) is 0 Å². The Hall–Kier alpha value is -3.15. The third kappa shape index (κ3) is 5.36. The van der Waals surface area contributed by atoms with Gasteiger partial charge in [0.05, 0.1) is 0 Å². The van der Waals surface area contributed by atoms with E-state index in [1.807, 2.05) is 60.7 Å². The second-order valence-corrected chi connectivity index (χ2v) is 7.75. The molecule has 3 aromatic carbocycles. The van der Waals surface area contributed by atoms with Crippen LogP contribution in [0.1, 0.15) is 36.1 Å². The average Bonchev–Trinajstić information content (AvgIpc) is 2.84. The molecule has 2 atom stereocenters. The van der Waals surface area contributed by atoms with Crippen molar-refractivity contribution in [1.29, 1.82) is 0 Å². The van der Waals surface area contributed by atoms with E-state index in [9.17, 15) is 14.7 Å². The van der Waals surface area contributed by atoms with E-state index in [-0.39, 0.29) is 18.9 Å². The van der Waals surface area contributed by atoms with Gasteiger partial charge in [0, 0.05) is 5.69 Å². The average molecular weight is 452 g/mol. The summed E-state index contributed by atoms with van der Waals surface area (Å²) in [6.07, 6.45) is -0.335. The van der Waals surface area contributed by atoms with Crippen molar-refractivity contribution >= 4 is 29.2 Å². The Balaban J connectivity index is 1.81. The molecule has 2 N–H and O–H groups in total. The number of hydrogen-bond acceptors (Lipinski definition) is 4. The minimum absolute atomic E-state index is 0.191. The van der Waals surface area contributed by atoms with E-state index in [1.54, 1.807) is 31.2 Å². The smallest absolute Gasteiger partial charge is 0.323 e. The van der Waals surface area contributed by atoms with Crippen molar-refractivity contribution < 1.29 is 19.4 Å². The molecule has 0 radical (unpaired) electrons. The topological polar surface area (TPSA) is 75.6 Å². The molecule has 0 heterocycles. The normalized spacial score (nSPS) is 13.6. The number of aliphatic hydroxyl groups is 1. The first-order valence-corrected chi connectivity index (χ1v) is 10.9. The zero-order valence-corrected chi connectivity index (χ0v) is 18.6. The Bertz CT molecular complexity index is 1020. The largest absolute Gasteiger partial charge is 0.449 e. The van der Waals surface area contributed by atoms with Crippen LogP contribution in [0.5, 0.6) is 0 Å². The number of anilines is 1. The Morgan fingerprint density at radius 3 is 2.06 bits per heavy atom. The fourth-order valence-corrected chi connectivity index (χ4v) is 3.73. The van der Waals surface area contributed by atoms with Crippen molar-refractivity contribution in [2.24, 2.45) is 5.41 Å². The Labute approximate surface area is 193 Å². The predicted octanol–water partition coefficient (Wildman–Crippen LogP) is 5.09. The van der Waals surface area contributed by atoms with Gasteiger partial charge in [0.15, 0.2) is 11.5 Å². The summed E-state index contributed by atoms with van der Waals surface area (Å²) in [5, 5.41) is 13.4. The molecule has 0 aliphatic carbocycles. The lowest BCUT2D eigenvalue weighted by Gasteiger charge is -2.29. The fraction of sp³-hybridized carbons (Fsp3) is 0.231. The van der Waals surface area contributed by atoms with Crippen LogP contribution < -0.4 is 5.32 Å². The van der Waals surface area contributed by atoms with Crippen molar-refractivity contribution in [2.45, 2.75) is 25.9 Å². The van der Waals surface area contributed by atoms with Gasteiger partial charge in [-0.1, -0.05) is 91.3 Å². The number of ether oxygens (including phenoxy) is 1. The van der Waals surface area contributed by atoms with Gasteiger partial charge in [0.2, 0.25) is 5.91 Å². The highest BCUT2D eigenvalue weighted by molar-refractivity contribution is 6.18. The molecular weight excluding hydrogens is 426 g/mol. The number of aliphatic hydroxyl groups excluding tert-OH is 1. The van der Waals surface area contributed by atoms with Crippen LogP contribution in [0.25, 0.3) is 0 Å². The monoisotopic (exact) mass is 451 g/mol. The molecule has 32 heavy (non-hydrogen) atoms. The maximum atomic E-state index is 13.3. The van der Waals surface area contributed by atoms with Crippen LogP contribution in [0.15, 0.2) is 84.9 Å². The van der Waals surface area contributed by atoms with Crippen LogP contribution in [0.3, 0.4) is 0 Å². The highest BCUT2D eigenvalue weighted by Gasteiger charge is 2.46. The first-order chi connectivity index (χ1) is 15.5. The predicted molar refractivity (Wildman–Crippen MR) is 125 cm³/mol. The van der Waals surface area contributed by atoms with Gasteiger partial charge in [0.1, 0.15) is 6.10 Å². The van der Waals surface area contributed by atoms with Crippen molar-refractivity contribution in [3.63, 3.8) is 0 Å². The van der Waals surface area contributed by atoms with E-state index in [4.69, 9.17) is 16.3 Å². The summed E-state index contributed by atoms with van der Waals surface area (Å²) in [4.78, 5) is 26.2. The molecular formula is C26H26ClNO4. The third-order valence-electron chi connectivity index (χ3n) is 5.56. The maximum Gasteiger partial charge on any atom is 0.323 e. The summed E-state index contributed by atoms with van der Waals surface area (Å²) in [5.41, 5.74) is 1.42. The van der Waals surface area contributed by atoms with E-state index < -0.39 is 23.4 Å². The first kappa shape index (κ1) is 23.5. The molecule has 0 aliphatic heterocycles. The molecule has 166 valence electrons. The zero-order chi connectivity index (χ0) is 23.0. The molecule has 3 rings (SSSR count). The lowest BCUT2D eigenvalue weighted by Crippen LogP contribution is -2.45. The number of halogens is 1. The fourth-order valence-electron chi connectivity index (χ4n) is 3.63. The number of hydrogen-bond donors (Lipinski definition) is 2. The molecule has 0 saturated carbocycles. The molecule has 2 unspecified atom stereocenters. The number of nitrogens with one attached hydrogen (secondary N) is 1. The molecule has 3 aromatic rings. The van der Waals surface area contributed by atoms with E-state index in [2.05, 4.69) is 5.32 Å². The molecule has 6 heteroatoms. The van der Waals surface area contributed by atoms with Crippen molar-refractivity contribution in [3.8, 4) is 0 Å². The van der Waals surface area contributed by atoms with Crippen LogP contribution >= 0.6 is 11.6 Å². The minimum atomic E-state index is -1.42. The quantitative estimate of drug-likeness (QED) is 0.270. The van der Waals surface area contributed by atoms with Crippen LogP contribution in [-0.4, -0.2) is 23.0 Å². The van der Waals surface area contributed by atoms with Gasteiger partial charge in [0.25, 0.3) is 0 Å². The number of carbonyl (C=O) groups excluding carboxylic acids is 2. The number of alkyl halides is 1. The van der Waals surface area contributed by atoms with Crippen LogP contribution in [0.4, 0.5) is 5.69 Å². The summed E-state index contributed by atoms with van der Waals surface area (Å²) in [6, 6.07) is 25.2. The highest BCUT2D eigenvalue weighted by Crippen LogP contribution is 2.32. The summed E-state index contributed by atoms with van der Waals surface area (Å²) < 4.78 is 5.06. The SMILES string of the molecule is CCC(Cc1ccccc1)(C(=O)Nc1ccc(C(O)c2ccccc2)cc1)C(=O)OCCl. The van der Waals surface area contributed by atoms with E-state index >= 15 is 0 Å². The number of benzene rings is 3. The van der Waals surface area contributed by atoms with E-state index in [0.717, 1.165) is 11.1 Å². The Morgan fingerprint density at radius 2 is 1.50 bits per heavy atom. The van der Waals surface area contributed by atoms with Crippen molar-refractivity contribution in [3.05, 3.63) is 102 Å². The van der Waals surface area contributed by atoms with Crippen molar-refractivity contribution in [2.75, 3.05) is 11.4 Å². The lowest BCUT2D eigenvalue weighted by atomic mass is 9.78. The van der Waals surface area contributed by atoms with Gasteiger partial charge in [-0.05, 0) is 41.7 Å². The minimum Gasteiger partial charge on any atom is -0.449 e. The summed E-state index contributed by atoms with van der Waals surface area (Å²) >= 11 is 5.63. The van der Waals surface area contributed by atoms with Gasteiger partial charge in [-0.25, -0.2) is 0 Å². The van der Waals surface area contributed by atoms with Crippen LogP contribution in [0.2, 0.25) is 0 Å². The van der Waals surface area contributed by atoms with Gasteiger partial charge in [-0.2, -0.15) is 0 Å². The van der Waals surface area contributed by atoms with Gasteiger partial charge in [-0.15, -0.1) is 0 Å². The number of esters is 1. The van der Waals surface area contributed by atoms with Gasteiger partial charge < -0.3 is 15.2 Å². The number of rotatable bonds is 9. The standard InChI is InChI=1S/C26H26ClNO4/c1-2-26(25(31)32-18-27,17-19-9-5-3-6-10-19)24(30)28-22-15-13-21(14-16-22)23(29)20-11-7-4-8-12-20/h3-16,23,29H,2,17-18H2,1H3,(H,28,30). The molecule has 0 fully saturated rings. The third-order valence-corrected chi connectivity index (χ3v) is 5.67. The lowest BCUT2D eigenvalue weighted by molar-refractivity contribution is -0.158. The van der Waals surface area contributed by atoms with Gasteiger partial charge in [-0.3, -0.25) is 9.59 Å². The maximum absolute atomic E-state index is 13.3. The summed E-state index contributed by atoms with van der Waals surface area (Å²) in [7, 11) is 0. The van der Waals surface area contributed by atoms with Crippen molar-refractivity contribution in [1.82, 2.24) is 0 Å². The molecule has 0 aliphatic rings. The Kier molecular flexibility index (Phi) is 8.03. The molecule has 0 spiro atoms. The molecule has 0 bridgehead atoms. The highest BCUT2D eigenvalue weighted by atomic mass is 35.5. The second kappa shape index (κ2) is 10.9. The van der Waals surface area contributed by atoms with Gasteiger partial charge >= 0.3 is 5.97 Å². The molecule has 0 saturated heterocycles. The first-order valence-electron chi connectivity index (χ1n) is 10.4. The summed E-state index contributed by atoms with van der Waals surface area (Å²) in [5.74, 6) is -1.12. The second-order valence-electron chi connectivity index (χ2n) is 7.53. The molecule has 5 nitrogen and oxygen atoms in total. The summed E-state index contributed by atoms with van der Waals surface area (Å²) in [6.45, 7) is 1.78. The van der Waals surface area contributed by atoms with E-state index in [0.29, 0.717) is 11.3 Å². The Morgan fingerprint density at radius 1 is 0.938 bits per heavy atom.